The summed E-state index contributed by atoms with van der Waals surface area (Å²) in [4.78, 5) is 7.41. The van der Waals surface area contributed by atoms with E-state index >= 15 is 0 Å². The van der Waals surface area contributed by atoms with Crippen LogP contribution in [0.4, 0.5) is 5.82 Å². The monoisotopic (exact) mass is 275 g/mol. The van der Waals surface area contributed by atoms with Gasteiger partial charge in [0.25, 0.3) is 0 Å². The lowest BCUT2D eigenvalue weighted by molar-refractivity contribution is 0.548. The van der Waals surface area contributed by atoms with Crippen LogP contribution in [0.5, 0.6) is 0 Å². The van der Waals surface area contributed by atoms with Crippen molar-refractivity contribution in [3.63, 3.8) is 0 Å². The van der Waals surface area contributed by atoms with Crippen molar-refractivity contribution in [1.82, 2.24) is 10.3 Å². The molecule has 3 heteroatoms. The average Bonchev–Trinajstić information content (AvgIpc) is 2.70. The van der Waals surface area contributed by atoms with Crippen molar-refractivity contribution < 1.29 is 0 Å². The second kappa shape index (κ2) is 7.63. The Hall–Kier alpha value is -1.09. The summed E-state index contributed by atoms with van der Waals surface area (Å²) in [5.41, 5.74) is 1.15. The first-order chi connectivity index (χ1) is 9.70. The quantitative estimate of drug-likeness (QED) is 0.887. The maximum Gasteiger partial charge on any atom is 0.129 e. The molecule has 3 nitrogen and oxygen atoms in total. The summed E-state index contributed by atoms with van der Waals surface area (Å²) in [6.07, 6.45) is 6.56. The number of hydrogen-bond donors (Lipinski definition) is 1. The van der Waals surface area contributed by atoms with Crippen LogP contribution >= 0.6 is 0 Å². The summed E-state index contributed by atoms with van der Waals surface area (Å²) in [5, 5.41) is 3.45. The largest absolute Gasteiger partial charge is 0.354 e. The molecule has 0 amide bonds. The molecule has 1 aliphatic heterocycles. The maximum atomic E-state index is 4.87. The molecule has 1 unspecified atom stereocenters. The number of nitrogens with one attached hydrogen (secondary N) is 1. The standard InChI is InChI=1S/C17H29N3/c1-4-16-10-6-5-7-12-20(16)17-11-8-9-15(19-17)13-18-14(2)3/h8-9,11,14,16,18H,4-7,10,12-13H2,1-3H3. The summed E-state index contributed by atoms with van der Waals surface area (Å²) in [7, 11) is 0. The lowest BCUT2D eigenvalue weighted by atomic mass is 10.1. The molecule has 1 aromatic rings. The molecular formula is C17H29N3. The van der Waals surface area contributed by atoms with Crippen LogP contribution in [0.2, 0.25) is 0 Å². The minimum atomic E-state index is 0.502. The topological polar surface area (TPSA) is 28.2 Å². The van der Waals surface area contributed by atoms with Gasteiger partial charge >= 0.3 is 0 Å². The first-order valence-corrected chi connectivity index (χ1v) is 8.16. The van der Waals surface area contributed by atoms with Gasteiger partial charge in [-0.25, -0.2) is 4.98 Å². The lowest BCUT2D eigenvalue weighted by Crippen LogP contribution is -2.35. The van der Waals surface area contributed by atoms with Crippen LogP contribution in [0.15, 0.2) is 18.2 Å². The van der Waals surface area contributed by atoms with Crippen molar-refractivity contribution in [2.24, 2.45) is 0 Å². The summed E-state index contributed by atoms with van der Waals surface area (Å²) in [6.45, 7) is 8.66. The zero-order valence-corrected chi connectivity index (χ0v) is 13.2. The van der Waals surface area contributed by atoms with E-state index in [0.717, 1.165) is 18.8 Å². The van der Waals surface area contributed by atoms with E-state index < -0.39 is 0 Å². The molecule has 1 aromatic heterocycles. The molecule has 20 heavy (non-hydrogen) atoms. The van der Waals surface area contributed by atoms with E-state index in [1.165, 1.54) is 37.9 Å². The van der Waals surface area contributed by atoms with Crippen LogP contribution in [0, 0.1) is 0 Å². The molecule has 2 rings (SSSR count). The minimum Gasteiger partial charge on any atom is -0.354 e. The third kappa shape index (κ3) is 4.20. The Kier molecular flexibility index (Phi) is 5.84. The van der Waals surface area contributed by atoms with Crippen molar-refractivity contribution in [3.05, 3.63) is 23.9 Å². The Bertz CT molecular complexity index is 403. The van der Waals surface area contributed by atoms with Gasteiger partial charge in [0.1, 0.15) is 5.82 Å². The summed E-state index contributed by atoms with van der Waals surface area (Å²) < 4.78 is 0. The lowest BCUT2D eigenvalue weighted by Gasteiger charge is -2.30. The van der Waals surface area contributed by atoms with Crippen LogP contribution < -0.4 is 10.2 Å². The Balaban J connectivity index is 2.11. The van der Waals surface area contributed by atoms with E-state index in [-0.39, 0.29) is 0 Å². The fourth-order valence-electron chi connectivity index (χ4n) is 2.94. The Labute approximate surface area is 123 Å². The number of aromatic nitrogens is 1. The highest BCUT2D eigenvalue weighted by Crippen LogP contribution is 2.24. The van der Waals surface area contributed by atoms with Crippen LogP contribution in [0.1, 0.15) is 58.6 Å². The summed E-state index contributed by atoms with van der Waals surface area (Å²) in [5.74, 6) is 1.17. The Morgan fingerprint density at radius 2 is 2.15 bits per heavy atom. The van der Waals surface area contributed by atoms with Gasteiger partial charge in [0.2, 0.25) is 0 Å². The van der Waals surface area contributed by atoms with Crippen molar-refractivity contribution in [2.45, 2.75) is 71.5 Å². The second-order valence-electron chi connectivity index (χ2n) is 6.13. The fraction of sp³-hybridized carbons (Fsp3) is 0.706. The molecule has 0 spiro atoms. The molecule has 112 valence electrons. The van der Waals surface area contributed by atoms with E-state index in [9.17, 15) is 0 Å². The van der Waals surface area contributed by atoms with Gasteiger partial charge < -0.3 is 10.2 Å². The zero-order valence-electron chi connectivity index (χ0n) is 13.2. The smallest absolute Gasteiger partial charge is 0.129 e. The molecule has 0 aliphatic carbocycles. The number of nitrogens with zero attached hydrogens (tertiary/aromatic N) is 2. The molecule has 1 fully saturated rings. The highest BCUT2D eigenvalue weighted by atomic mass is 15.2. The Morgan fingerprint density at radius 1 is 1.30 bits per heavy atom. The molecule has 1 N–H and O–H groups in total. The first kappa shape index (κ1) is 15.3. The van der Waals surface area contributed by atoms with Crippen LogP contribution in [0.3, 0.4) is 0 Å². The van der Waals surface area contributed by atoms with Gasteiger partial charge in [-0.15, -0.1) is 0 Å². The highest BCUT2D eigenvalue weighted by Gasteiger charge is 2.20. The average molecular weight is 275 g/mol. The van der Waals surface area contributed by atoms with E-state index in [1.54, 1.807) is 0 Å². The van der Waals surface area contributed by atoms with Gasteiger partial charge in [0.15, 0.2) is 0 Å². The molecule has 0 aromatic carbocycles. The third-order valence-electron chi connectivity index (χ3n) is 4.13. The molecule has 0 bridgehead atoms. The van der Waals surface area contributed by atoms with Gasteiger partial charge in [0, 0.05) is 25.2 Å². The highest BCUT2D eigenvalue weighted by molar-refractivity contribution is 5.40. The van der Waals surface area contributed by atoms with Crippen molar-refractivity contribution >= 4 is 5.82 Å². The first-order valence-electron chi connectivity index (χ1n) is 8.16. The molecule has 1 aliphatic rings. The molecule has 2 heterocycles. The molecule has 1 atom stereocenters. The number of hydrogen-bond acceptors (Lipinski definition) is 3. The van der Waals surface area contributed by atoms with E-state index in [2.05, 4.69) is 49.2 Å². The van der Waals surface area contributed by atoms with Gasteiger partial charge in [-0.3, -0.25) is 0 Å². The van der Waals surface area contributed by atoms with Gasteiger partial charge in [0.05, 0.1) is 5.69 Å². The van der Waals surface area contributed by atoms with Crippen molar-refractivity contribution in [3.8, 4) is 0 Å². The predicted octanol–water partition coefficient (Wildman–Crippen LogP) is 3.74. The van der Waals surface area contributed by atoms with Crippen molar-refractivity contribution in [1.29, 1.82) is 0 Å². The predicted molar refractivity (Wildman–Crippen MR) is 86.1 cm³/mol. The summed E-state index contributed by atoms with van der Waals surface area (Å²) in [6, 6.07) is 7.61. The maximum absolute atomic E-state index is 4.87. The number of pyridine rings is 1. The summed E-state index contributed by atoms with van der Waals surface area (Å²) >= 11 is 0. The molecule has 0 saturated carbocycles. The fourth-order valence-corrected chi connectivity index (χ4v) is 2.94. The van der Waals surface area contributed by atoms with Gasteiger partial charge in [-0.05, 0) is 31.4 Å². The van der Waals surface area contributed by atoms with E-state index in [1.807, 2.05) is 0 Å². The molecular weight excluding hydrogens is 246 g/mol. The normalized spacial score (nSPS) is 20.2. The molecule has 0 radical (unpaired) electrons. The zero-order chi connectivity index (χ0) is 14.4. The van der Waals surface area contributed by atoms with E-state index in [4.69, 9.17) is 4.98 Å². The van der Waals surface area contributed by atoms with Gasteiger partial charge in [-0.1, -0.05) is 39.7 Å². The van der Waals surface area contributed by atoms with Crippen LogP contribution in [0.25, 0.3) is 0 Å². The van der Waals surface area contributed by atoms with Crippen LogP contribution in [-0.4, -0.2) is 23.6 Å². The van der Waals surface area contributed by atoms with Crippen molar-refractivity contribution in [2.75, 3.05) is 11.4 Å². The van der Waals surface area contributed by atoms with Crippen LogP contribution in [-0.2, 0) is 6.54 Å². The van der Waals surface area contributed by atoms with Gasteiger partial charge in [-0.2, -0.15) is 0 Å². The number of anilines is 1. The SMILES string of the molecule is CCC1CCCCCN1c1cccc(CNC(C)C)n1. The second-order valence-corrected chi connectivity index (χ2v) is 6.13. The number of rotatable bonds is 5. The van der Waals surface area contributed by atoms with E-state index in [0.29, 0.717) is 12.1 Å². The molecule has 1 saturated heterocycles. The Morgan fingerprint density at radius 3 is 2.90 bits per heavy atom. The third-order valence-corrected chi connectivity index (χ3v) is 4.13. The minimum absolute atomic E-state index is 0.502.